The fourth-order valence-electron chi connectivity index (χ4n) is 2.22. The molecule has 1 aromatic heterocycles. The molecule has 0 saturated carbocycles. The van der Waals surface area contributed by atoms with Crippen molar-refractivity contribution >= 4 is 11.6 Å². The third-order valence-corrected chi connectivity index (χ3v) is 3.67. The molecule has 1 unspecified atom stereocenters. The minimum Gasteiger partial charge on any atom is -0.487 e. The lowest BCUT2D eigenvalue weighted by atomic mass is 10.1. The number of halogens is 1. The van der Waals surface area contributed by atoms with Crippen molar-refractivity contribution in [2.45, 2.75) is 33.4 Å². The molecule has 0 spiro atoms. The van der Waals surface area contributed by atoms with Crippen molar-refractivity contribution in [3.63, 3.8) is 0 Å². The fraction of sp³-hybridized carbons (Fsp3) is 0.353. The zero-order valence-electron chi connectivity index (χ0n) is 12.7. The lowest BCUT2D eigenvalue weighted by Gasteiger charge is -2.18. The van der Waals surface area contributed by atoms with E-state index in [1.54, 1.807) is 6.20 Å². The molecule has 0 amide bonds. The maximum Gasteiger partial charge on any atom is 0.130 e. The molecule has 2 aromatic rings. The Labute approximate surface area is 131 Å². The van der Waals surface area contributed by atoms with E-state index in [4.69, 9.17) is 16.3 Å². The Morgan fingerprint density at radius 1 is 1.33 bits per heavy atom. The van der Waals surface area contributed by atoms with Crippen LogP contribution in [-0.2, 0) is 6.61 Å². The summed E-state index contributed by atoms with van der Waals surface area (Å²) in [4.78, 5) is 4.36. The number of hydrogen-bond acceptors (Lipinski definition) is 3. The van der Waals surface area contributed by atoms with Gasteiger partial charge in [-0.1, -0.05) is 24.6 Å². The van der Waals surface area contributed by atoms with Gasteiger partial charge in [0.1, 0.15) is 12.4 Å². The Bertz CT molecular complexity index is 601. The molecule has 3 nitrogen and oxygen atoms in total. The molecule has 0 aliphatic carbocycles. The van der Waals surface area contributed by atoms with Gasteiger partial charge < -0.3 is 10.1 Å². The smallest absolute Gasteiger partial charge is 0.130 e. The van der Waals surface area contributed by atoms with Crippen LogP contribution in [0.4, 0.5) is 0 Å². The van der Waals surface area contributed by atoms with Gasteiger partial charge in [-0.15, -0.1) is 0 Å². The first-order valence-electron chi connectivity index (χ1n) is 7.18. The van der Waals surface area contributed by atoms with Crippen LogP contribution in [0.3, 0.4) is 0 Å². The van der Waals surface area contributed by atoms with Crippen LogP contribution in [0.25, 0.3) is 0 Å². The molecule has 0 radical (unpaired) electrons. The summed E-state index contributed by atoms with van der Waals surface area (Å²) < 4.78 is 5.97. The quantitative estimate of drug-likeness (QED) is 0.864. The topological polar surface area (TPSA) is 34.1 Å². The van der Waals surface area contributed by atoms with Gasteiger partial charge in [0.2, 0.25) is 0 Å². The van der Waals surface area contributed by atoms with E-state index in [2.05, 4.69) is 24.1 Å². The number of rotatable bonds is 6. The number of nitrogens with zero attached hydrogens (tertiary/aromatic N) is 1. The number of ether oxygens (including phenoxy) is 1. The van der Waals surface area contributed by atoms with E-state index in [9.17, 15) is 0 Å². The number of hydrogen-bond donors (Lipinski definition) is 1. The maximum absolute atomic E-state index is 6.11. The SMILES string of the molecule is CCNC(C)c1cc(Cl)ccc1OCc1ncccc1C. The normalized spacial score (nSPS) is 12.2. The Morgan fingerprint density at radius 2 is 2.14 bits per heavy atom. The minimum atomic E-state index is 0.188. The Morgan fingerprint density at radius 3 is 2.86 bits per heavy atom. The number of benzene rings is 1. The second-order valence-corrected chi connectivity index (χ2v) is 5.45. The summed E-state index contributed by atoms with van der Waals surface area (Å²) in [5, 5.41) is 4.10. The summed E-state index contributed by atoms with van der Waals surface area (Å²) in [7, 11) is 0. The highest BCUT2D eigenvalue weighted by atomic mass is 35.5. The third-order valence-electron chi connectivity index (χ3n) is 3.43. The van der Waals surface area contributed by atoms with Crippen molar-refractivity contribution in [3.05, 3.63) is 58.4 Å². The standard InChI is InChI=1S/C17H21ClN2O/c1-4-19-13(3)15-10-14(18)7-8-17(15)21-11-16-12(2)6-5-9-20-16/h5-10,13,19H,4,11H2,1-3H3. The monoisotopic (exact) mass is 304 g/mol. The Balaban J connectivity index is 2.18. The molecule has 2 rings (SSSR count). The minimum absolute atomic E-state index is 0.188. The van der Waals surface area contributed by atoms with Crippen LogP contribution in [-0.4, -0.2) is 11.5 Å². The van der Waals surface area contributed by atoms with Gasteiger partial charge in [-0.05, 0) is 50.2 Å². The van der Waals surface area contributed by atoms with Gasteiger partial charge in [-0.3, -0.25) is 4.98 Å². The zero-order valence-corrected chi connectivity index (χ0v) is 13.4. The molecule has 1 aromatic carbocycles. The molecular formula is C17H21ClN2O. The van der Waals surface area contributed by atoms with Crippen molar-refractivity contribution < 1.29 is 4.74 Å². The van der Waals surface area contributed by atoms with Crippen LogP contribution in [0.5, 0.6) is 5.75 Å². The van der Waals surface area contributed by atoms with Gasteiger partial charge >= 0.3 is 0 Å². The molecule has 0 fully saturated rings. The molecule has 0 bridgehead atoms. The van der Waals surface area contributed by atoms with E-state index in [1.165, 1.54) is 0 Å². The van der Waals surface area contributed by atoms with Gasteiger partial charge in [0.25, 0.3) is 0 Å². The number of aryl methyl sites for hydroxylation is 1. The summed E-state index contributed by atoms with van der Waals surface area (Å²) in [6.45, 7) is 7.58. The van der Waals surface area contributed by atoms with Gasteiger partial charge in [0.15, 0.2) is 0 Å². The van der Waals surface area contributed by atoms with E-state index >= 15 is 0 Å². The van der Waals surface area contributed by atoms with Gasteiger partial charge in [-0.2, -0.15) is 0 Å². The van der Waals surface area contributed by atoms with E-state index in [0.29, 0.717) is 6.61 Å². The van der Waals surface area contributed by atoms with Crippen molar-refractivity contribution in [1.82, 2.24) is 10.3 Å². The first-order chi connectivity index (χ1) is 10.1. The first kappa shape index (κ1) is 15.8. The summed E-state index contributed by atoms with van der Waals surface area (Å²) in [5.74, 6) is 0.845. The average molecular weight is 305 g/mol. The third kappa shape index (κ3) is 4.19. The summed E-state index contributed by atoms with van der Waals surface area (Å²) >= 11 is 6.11. The lowest BCUT2D eigenvalue weighted by molar-refractivity contribution is 0.294. The van der Waals surface area contributed by atoms with Crippen molar-refractivity contribution in [3.8, 4) is 5.75 Å². The lowest BCUT2D eigenvalue weighted by Crippen LogP contribution is -2.18. The van der Waals surface area contributed by atoms with Crippen LogP contribution in [0.15, 0.2) is 36.5 Å². The molecule has 21 heavy (non-hydrogen) atoms. The highest BCUT2D eigenvalue weighted by Crippen LogP contribution is 2.29. The zero-order chi connectivity index (χ0) is 15.2. The highest BCUT2D eigenvalue weighted by molar-refractivity contribution is 6.30. The Kier molecular flexibility index (Phi) is 5.59. The van der Waals surface area contributed by atoms with Crippen LogP contribution in [0.1, 0.15) is 36.7 Å². The van der Waals surface area contributed by atoms with E-state index in [0.717, 1.165) is 34.1 Å². The second-order valence-electron chi connectivity index (χ2n) is 5.02. The van der Waals surface area contributed by atoms with Gasteiger partial charge in [0.05, 0.1) is 5.69 Å². The highest BCUT2D eigenvalue weighted by Gasteiger charge is 2.12. The predicted molar refractivity (Wildman–Crippen MR) is 86.8 cm³/mol. The molecule has 0 aliphatic rings. The first-order valence-corrected chi connectivity index (χ1v) is 7.55. The van der Waals surface area contributed by atoms with Crippen LogP contribution < -0.4 is 10.1 Å². The molecule has 0 saturated heterocycles. The number of aromatic nitrogens is 1. The molecule has 112 valence electrons. The van der Waals surface area contributed by atoms with E-state index in [1.807, 2.05) is 37.3 Å². The number of nitrogens with one attached hydrogen (secondary N) is 1. The van der Waals surface area contributed by atoms with Crippen LogP contribution in [0, 0.1) is 6.92 Å². The molecular weight excluding hydrogens is 284 g/mol. The molecule has 1 heterocycles. The van der Waals surface area contributed by atoms with Crippen LogP contribution >= 0.6 is 11.6 Å². The van der Waals surface area contributed by atoms with E-state index in [-0.39, 0.29) is 6.04 Å². The van der Waals surface area contributed by atoms with Crippen molar-refractivity contribution in [1.29, 1.82) is 0 Å². The van der Waals surface area contributed by atoms with Crippen molar-refractivity contribution in [2.24, 2.45) is 0 Å². The molecule has 0 aliphatic heterocycles. The predicted octanol–water partition coefficient (Wildman–Crippen LogP) is 4.29. The van der Waals surface area contributed by atoms with Crippen LogP contribution in [0.2, 0.25) is 5.02 Å². The second kappa shape index (κ2) is 7.43. The molecule has 1 N–H and O–H groups in total. The van der Waals surface area contributed by atoms with Gasteiger partial charge in [0, 0.05) is 22.8 Å². The summed E-state index contributed by atoms with van der Waals surface area (Å²) in [6.07, 6.45) is 1.79. The fourth-order valence-corrected chi connectivity index (χ4v) is 2.40. The molecule has 4 heteroatoms. The summed E-state index contributed by atoms with van der Waals surface area (Å²) in [5.41, 5.74) is 3.15. The largest absolute Gasteiger partial charge is 0.487 e. The maximum atomic E-state index is 6.11. The van der Waals surface area contributed by atoms with Gasteiger partial charge in [-0.25, -0.2) is 0 Å². The van der Waals surface area contributed by atoms with Crippen molar-refractivity contribution in [2.75, 3.05) is 6.54 Å². The van der Waals surface area contributed by atoms with E-state index < -0.39 is 0 Å². The molecule has 1 atom stereocenters. The average Bonchev–Trinajstić information content (AvgIpc) is 2.47. The Hall–Kier alpha value is -1.58. The summed E-state index contributed by atoms with van der Waals surface area (Å²) in [6, 6.07) is 9.88. The number of pyridine rings is 1.